The maximum Gasteiger partial charge on any atom is 0.417 e. The van der Waals surface area contributed by atoms with Crippen LogP contribution >= 0.6 is 11.6 Å². The van der Waals surface area contributed by atoms with Crippen LogP contribution in [0, 0.1) is 0 Å². The molecule has 22 heavy (non-hydrogen) atoms. The van der Waals surface area contributed by atoms with Gasteiger partial charge in [0.15, 0.2) is 0 Å². The maximum absolute atomic E-state index is 13.1. The van der Waals surface area contributed by atoms with E-state index in [1.807, 2.05) is 0 Å². The summed E-state index contributed by atoms with van der Waals surface area (Å²) in [6.45, 7) is 0. The molecule has 0 bridgehead atoms. The van der Waals surface area contributed by atoms with Crippen LogP contribution in [0.25, 0.3) is 17.2 Å². The molecule has 0 aliphatic carbocycles. The van der Waals surface area contributed by atoms with E-state index in [1.165, 1.54) is 42.5 Å². The number of carboxylic acid groups (broad SMARTS) is 1. The Balaban J connectivity index is 2.67. The molecule has 0 aliphatic rings. The zero-order valence-electron chi connectivity index (χ0n) is 11.1. The first-order chi connectivity index (χ1) is 10.3. The first kappa shape index (κ1) is 16.1. The van der Waals surface area contributed by atoms with E-state index in [-0.39, 0.29) is 16.1 Å². The highest BCUT2D eigenvalue weighted by Gasteiger charge is 2.33. The second-order valence-corrected chi connectivity index (χ2v) is 4.88. The third kappa shape index (κ3) is 3.68. The van der Waals surface area contributed by atoms with Crippen LogP contribution in [0.5, 0.6) is 0 Å². The number of carbonyl (C=O) groups is 1. The highest BCUT2D eigenvalue weighted by molar-refractivity contribution is 6.31. The number of rotatable bonds is 3. The van der Waals surface area contributed by atoms with Gasteiger partial charge in [-0.15, -0.1) is 0 Å². The van der Waals surface area contributed by atoms with Crippen molar-refractivity contribution in [2.45, 2.75) is 6.18 Å². The van der Waals surface area contributed by atoms with E-state index in [0.29, 0.717) is 5.56 Å². The first-order valence-corrected chi connectivity index (χ1v) is 6.54. The Morgan fingerprint density at radius 3 is 2.41 bits per heavy atom. The molecule has 0 spiro atoms. The van der Waals surface area contributed by atoms with Crippen molar-refractivity contribution in [2.75, 3.05) is 0 Å². The molecular weight excluding hydrogens is 317 g/mol. The van der Waals surface area contributed by atoms with Crippen LogP contribution in [0.2, 0.25) is 5.02 Å². The lowest BCUT2D eigenvalue weighted by molar-refractivity contribution is -0.137. The van der Waals surface area contributed by atoms with Gasteiger partial charge in [0, 0.05) is 11.1 Å². The number of alkyl halides is 3. The minimum atomic E-state index is -4.52. The Labute approximate surface area is 129 Å². The summed E-state index contributed by atoms with van der Waals surface area (Å²) in [4.78, 5) is 10.6. The molecule has 0 saturated carbocycles. The van der Waals surface area contributed by atoms with Gasteiger partial charge in [-0.3, -0.25) is 0 Å². The first-order valence-electron chi connectivity index (χ1n) is 6.16. The van der Waals surface area contributed by atoms with Crippen molar-refractivity contribution < 1.29 is 23.1 Å². The van der Waals surface area contributed by atoms with Gasteiger partial charge in [0.1, 0.15) is 0 Å². The van der Waals surface area contributed by atoms with E-state index in [9.17, 15) is 18.0 Å². The predicted octanol–water partition coefficient (Wildman–Crippen LogP) is 5.12. The molecule has 0 heterocycles. The highest BCUT2D eigenvalue weighted by Crippen LogP contribution is 2.39. The third-order valence-corrected chi connectivity index (χ3v) is 3.18. The standard InChI is InChI=1S/C16H10ClF3O2/c17-11-7-5-10(6-8-15(21)22)13(9-11)12-3-1-2-4-14(12)16(18,19)20/h1-9H,(H,21,22)/b8-6-. The van der Waals surface area contributed by atoms with E-state index in [1.54, 1.807) is 0 Å². The number of halogens is 4. The van der Waals surface area contributed by atoms with E-state index < -0.39 is 17.7 Å². The van der Waals surface area contributed by atoms with Crippen molar-refractivity contribution in [1.82, 2.24) is 0 Å². The summed E-state index contributed by atoms with van der Waals surface area (Å²) in [7, 11) is 0. The summed E-state index contributed by atoms with van der Waals surface area (Å²) in [5, 5.41) is 8.95. The van der Waals surface area contributed by atoms with Gasteiger partial charge in [-0.2, -0.15) is 13.2 Å². The topological polar surface area (TPSA) is 37.3 Å². The summed E-state index contributed by atoms with van der Waals surface area (Å²) in [5.74, 6) is -1.19. The molecule has 0 amide bonds. The molecule has 2 aromatic carbocycles. The fourth-order valence-corrected chi connectivity index (χ4v) is 2.21. The third-order valence-electron chi connectivity index (χ3n) is 2.94. The molecule has 114 valence electrons. The van der Waals surface area contributed by atoms with E-state index in [0.717, 1.165) is 12.1 Å². The van der Waals surface area contributed by atoms with Crippen molar-refractivity contribution in [3.63, 3.8) is 0 Å². The van der Waals surface area contributed by atoms with E-state index in [4.69, 9.17) is 16.7 Å². The van der Waals surface area contributed by atoms with Crippen LogP contribution in [-0.4, -0.2) is 11.1 Å². The molecule has 2 aromatic rings. The number of hydrogen-bond donors (Lipinski definition) is 1. The summed E-state index contributed by atoms with van der Waals surface area (Å²) in [6, 6.07) is 9.42. The molecular formula is C16H10ClF3O2. The summed E-state index contributed by atoms with van der Waals surface area (Å²) in [5.41, 5.74) is -0.300. The van der Waals surface area contributed by atoms with Crippen LogP contribution in [0.4, 0.5) is 13.2 Å². The minimum absolute atomic E-state index is 0.0532. The van der Waals surface area contributed by atoms with Crippen LogP contribution in [0.1, 0.15) is 11.1 Å². The van der Waals surface area contributed by atoms with E-state index in [2.05, 4.69) is 0 Å². The SMILES string of the molecule is O=C(O)/C=C\c1ccc(Cl)cc1-c1ccccc1C(F)(F)F. The molecule has 2 rings (SSSR count). The molecule has 1 N–H and O–H groups in total. The summed E-state index contributed by atoms with van der Waals surface area (Å²) >= 11 is 5.87. The van der Waals surface area contributed by atoms with Crippen molar-refractivity contribution in [3.05, 3.63) is 64.7 Å². The van der Waals surface area contributed by atoms with Gasteiger partial charge in [0.05, 0.1) is 5.56 Å². The summed E-state index contributed by atoms with van der Waals surface area (Å²) in [6.07, 6.45) is -2.42. The zero-order valence-corrected chi connectivity index (χ0v) is 11.8. The maximum atomic E-state index is 13.1. The van der Waals surface area contributed by atoms with Crippen LogP contribution in [0.3, 0.4) is 0 Å². The Morgan fingerprint density at radius 2 is 1.77 bits per heavy atom. The van der Waals surface area contributed by atoms with Crippen LogP contribution in [-0.2, 0) is 11.0 Å². The Morgan fingerprint density at radius 1 is 1.09 bits per heavy atom. The van der Waals surface area contributed by atoms with E-state index >= 15 is 0 Å². The van der Waals surface area contributed by atoms with Gasteiger partial charge in [-0.25, -0.2) is 4.79 Å². The van der Waals surface area contributed by atoms with Crippen molar-refractivity contribution in [2.24, 2.45) is 0 Å². The zero-order chi connectivity index (χ0) is 16.3. The van der Waals surface area contributed by atoms with Gasteiger partial charge < -0.3 is 5.11 Å². The quantitative estimate of drug-likeness (QED) is 0.794. The Kier molecular flexibility index (Phi) is 4.56. The molecule has 0 atom stereocenters. The van der Waals surface area contributed by atoms with Crippen molar-refractivity contribution >= 4 is 23.6 Å². The van der Waals surface area contributed by atoms with Gasteiger partial charge in [-0.1, -0.05) is 35.9 Å². The molecule has 0 saturated heterocycles. The second kappa shape index (κ2) is 6.23. The summed E-state index contributed by atoms with van der Waals surface area (Å²) < 4.78 is 39.4. The monoisotopic (exact) mass is 326 g/mol. The Bertz CT molecular complexity index is 736. The van der Waals surface area contributed by atoms with Crippen molar-refractivity contribution in [1.29, 1.82) is 0 Å². The molecule has 0 fully saturated rings. The molecule has 2 nitrogen and oxygen atoms in total. The Hall–Kier alpha value is -2.27. The average molecular weight is 327 g/mol. The average Bonchev–Trinajstić information content (AvgIpc) is 2.45. The fraction of sp³-hybridized carbons (Fsp3) is 0.0625. The molecule has 0 unspecified atom stereocenters. The van der Waals surface area contributed by atoms with Crippen LogP contribution < -0.4 is 0 Å². The second-order valence-electron chi connectivity index (χ2n) is 4.45. The van der Waals surface area contributed by atoms with Gasteiger partial charge in [-0.05, 0) is 41.0 Å². The smallest absolute Gasteiger partial charge is 0.417 e. The molecule has 0 radical (unpaired) electrons. The number of benzene rings is 2. The number of aliphatic carboxylic acids is 1. The fourth-order valence-electron chi connectivity index (χ4n) is 2.03. The normalized spacial score (nSPS) is 11.8. The lowest BCUT2D eigenvalue weighted by Crippen LogP contribution is -2.07. The number of hydrogen-bond acceptors (Lipinski definition) is 1. The van der Waals surface area contributed by atoms with Crippen molar-refractivity contribution in [3.8, 4) is 11.1 Å². The lowest BCUT2D eigenvalue weighted by Gasteiger charge is -2.15. The number of carboxylic acids is 1. The molecule has 6 heteroatoms. The van der Waals surface area contributed by atoms with Crippen LogP contribution in [0.15, 0.2) is 48.5 Å². The van der Waals surface area contributed by atoms with Gasteiger partial charge >= 0.3 is 12.1 Å². The minimum Gasteiger partial charge on any atom is -0.478 e. The van der Waals surface area contributed by atoms with Gasteiger partial charge in [0.2, 0.25) is 0 Å². The molecule has 0 aliphatic heterocycles. The predicted molar refractivity (Wildman–Crippen MR) is 78.6 cm³/mol. The van der Waals surface area contributed by atoms with Gasteiger partial charge in [0.25, 0.3) is 0 Å². The lowest BCUT2D eigenvalue weighted by atomic mass is 9.95. The molecule has 0 aromatic heterocycles. The highest BCUT2D eigenvalue weighted by atomic mass is 35.5. The largest absolute Gasteiger partial charge is 0.478 e.